The van der Waals surface area contributed by atoms with Crippen molar-refractivity contribution in [1.29, 1.82) is 0 Å². The van der Waals surface area contributed by atoms with Crippen molar-refractivity contribution in [2.24, 2.45) is 4.99 Å². The number of hydrogen-bond acceptors (Lipinski definition) is 3. The van der Waals surface area contributed by atoms with Crippen molar-refractivity contribution >= 4 is 11.9 Å². The smallest absolute Gasteiger partial charge is 0.241 e. The van der Waals surface area contributed by atoms with Gasteiger partial charge in [0.25, 0.3) is 0 Å². The van der Waals surface area contributed by atoms with Gasteiger partial charge in [0.05, 0.1) is 13.1 Å². The third-order valence-electron chi connectivity index (χ3n) is 4.23. The lowest BCUT2D eigenvalue weighted by Gasteiger charge is -2.17. The van der Waals surface area contributed by atoms with Gasteiger partial charge in [-0.15, -0.1) is 0 Å². The average molecular weight is 363 g/mol. The van der Waals surface area contributed by atoms with E-state index in [1.807, 2.05) is 36.9 Å². The van der Waals surface area contributed by atoms with E-state index in [1.54, 1.807) is 6.07 Å². The van der Waals surface area contributed by atoms with Gasteiger partial charge in [0, 0.05) is 31.7 Å². The van der Waals surface area contributed by atoms with Crippen molar-refractivity contribution < 1.29 is 9.18 Å². The Hall–Kier alpha value is -2.15. The minimum Gasteiger partial charge on any atom is -0.357 e. The number of halogens is 1. The summed E-state index contributed by atoms with van der Waals surface area (Å²) in [7, 11) is 3.82. The number of rotatable bonds is 7. The standard InChI is InChI=1S/C19H30FN5O/c1-4-21-19(23-13-18(26)25-9-5-6-10-25)22-12-15-7-8-17(20)16(11-15)14-24(2)3/h7-8,11H,4-6,9-10,12-14H2,1-3H3,(H2,21,22,23). The predicted molar refractivity (Wildman–Crippen MR) is 102 cm³/mol. The molecular weight excluding hydrogens is 333 g/mol. The first-order valence-electron chi connectivity index (χ1n) is 9.21. The second-order valence-electron chi connectivity index (χ2n) is 6.80. The summed E-state index contributed by atoms with van der Waals surface area (Å²) in [4.78, 5) is 20.5. The molecule has 1 aliphatic heterocycles. The Bertz CT molecular complexity index is 626. The SMILES string of the molecule is CCNC(=NCc1ccc(F)c(CN(C)C)c1)NCC(=O)N1CCCC1. The van der Waals surface area contributed by atoms with Gasteiger partial charge in [-0.1, -0.05) is 6.07 Å². The molecule has 2 rings (SSSR count). The number of nitrogens with one attached hydrogen (secondary N) is 2. The van der Waals surface area contributed by atoms with Gasteiger partial charge in [-0.2, -0.15) is 0 Å². The molecule has 0 saturated carbocycles. The Kier molecular flexibility index (Phi) is 7.84. The molecule has 0 spiro atoms. The van der Waals surface area contributed by atoms with Crippen LogP contribution >= 0.6 is 0 Å². The second kappa shape index (κ2) is 10.1. The average Bonchev–Trinajstić information content (AvgIpc) is 3.14. The van der Waals surface area contributed by atoms with Crippen molar-refractivity contribution in [2.75, 3.05) is 40.3 Å². The van der Waals surface area contributed by atoms with Gasteiger partial charge in [0.1, 0.15) is 5.82 Å². The second-order valence-corrected chi connectivity index (χ2v) is 6.80. The van der Waals surface area contributed by atoms with E-state index in [2.05, 4.69) is 15.6 Å². The van der Waals surface area contributed by atoms with Gasteiger partial charge in [0.15, 0.2) is 5.96 Å². The number of likely N-dealkylation sites (tertiary alicyclic amines) is 1. The maximum Gasteiger partial charge on any atom is 0.241 e. The normalized spacial score (nSPS) is 14.8. The molecule has 0 unspecified atom stereocenters. The van der Waals surface area contributed by atoms with E-state index in [-0.39, 0.29) is 18.3 Å². The van der Waals surface area contributed by atoms with Crippen molar-refractivity contribution in [2.45, 2.75) is 32.9 Å². The molecule has 26 heavy (non-hydrogen) atoms. The molecule has 144 valence electrons. The fraction of sp³-hybridized carbons (Fsp3) is 0.579. The Labute approximate surface area is 155 Å². The highest BCUT2D eigenvalue weighted by Crippen LogP contribution is 2.13. The lowest BCUT2D eigenvalue weighted by molar-refractivity contribution is -0.128. The van der Waals surface area contributed by atoms with Crippen LogP contribution in [-0.4, -0.2) is 61.9 Å². The highest BCUT2D eigenvalue weighted by atomic mass is 19.1. The maximum atomic E-state index is 13.9. The Balaban J connectivity index is 1.96. The zero-order valence-corrected chi connectivity index (χ0v) is 16.0. The molecule has 1 saturated heterocycles. The lowest BCUT2D eigenvalue weighted by Crippen LogP contribution is -2.44. The van der Waals surface area contributed by atoms with E-state index in [9.17, 15) is 9.18 Å². The summed E-state index contributed by atoms with van der Waals surface area (Å²) in [6.07, 6.45) is 2.17. The number of benzene rings is 1. The van der Waals surface area contributed by atoms with Gasteiger partial charge in [-0.05, 0) is 51.6 Å². The molecule has 1 aromatic rings. The number of guanidine groups is 1. The van der Waals surface area contributed by atoms with E-state index < -0.39 is 0 Å². The summed E-state index contributed by atoms with van der Waals surface area (Å²) in [6.45, 7) is 5.59. The van der Waals surface area contributed by atoms with Crippen molar-refractivity contribution in [3.05, 3.63) is 35.1 Å². The molecule has 1 aromatic carbocycles. The molecule has 1 heterocycles. The summed E-state index contributed by atoms with van der Waals surface area (Å²) in [6, 6.07) is 5.08. The third-order valence-corrected chi connectivity index (χ3v) is 4.23. The quantitative estimate of drug-likeness (QED) is 0.570. The predicted octanol–water partition coefficient (Wildman–Crippen LogP) is 1.56. The number of hydrogen-bond donors (Lipinski definition) is 2. The molecule has 0 atom stereocenters. The molecular formula is C19H30FN5O. The zero-order chi connectivity index (χ0) is 18.9. The van der Waals surface area contributed by atoms with Gasteiger partial charge in [-0.25, -0.2) is 9.38 Å². The lowest BCUT2D eigenvalue weighted by atomic mass is 10.1. The topological polar surface area (TPSA) is 60.0 Å². The van der Waals surface area contributed by atoms with Gasteiger partial charge in [-0.3, -0.25) is 4.79 Å². The highest BCUT2D eigenvalue weighted by molar-refractivity contribution is 5.86. The van der Waals surface area contributed by atoms with Crippen LogP contribution in [0.3, 0.4) is 0 Å². The third kappa shape index (κ3) is 6.29. The summed E-state index contributed by atoms with van der Waals surface area (Å²) in [5.74, 6) is 0.495. The summed E-state index contributed by atoms with van der Waals surface area (Å²) >= 11 is 0. The Morgan fingerprint density at radius 1 is 1.27 bits per heavy atom. The van der Waals surface area contributed by atoms with Crippen molar-refractivity contribution in [3.63, 3.8) is 0 Å². The van der Waals surface area contributed by atoms with Gasteiger partial charge in [0.2, 0.25) is 5.91 Å². The fourth-order valence-corrected chi connectivity index (χ4v) is 2.94. The zero-order valence-electron chi connectivity index (χ0n) is 16.0. The number of nitrogens with zero attached hydrogens (tertiary/aromatic N) is 3. The molecule has 0 radical (unpaired) electrons. The van der Waals surface area contributed by atoms with E-state index in [0.29, 0.717) is 31.2 Å². The molecule has 0 aliphatic carbocycles. The Morgan fingerprint density at radius 3 is 2.65 bits per heavy atom. The molecule has 7 heteroatoms. The molecule has 1 amide bonds. The highest BCUT2D eigenvalue weighted by Gasteiger charge is 2.17. The molecule has 1 aliphatic rings. The number of carbonyl (C=O) groups excluding carboxylic acids is 1. The molecule has 2 N–H and O–H groups in total. The van der Waals surface area contributed by atoms with E-state index >= 15 is 0 Å². The first-order chi connectivity index (χ1) is 12.5. The van der Waals surface area contributed by atoms with E-state index in [4.69, 9.17) is 0 Å². The van der Waals surface area contributed by atoms with Crippen LogP contribution in [0.4, 0.5) is 4.39 Å². The van der Waals surface area contributed by atoms with Crippen LogP contribution in [0.15, 0.2) is 23.2 Å². The number of carbonyl (C=O) groups is 1. The minimum atomic E-state index is -0.201. The van der Waals surface area contributed by atoms with Crippen LogP contribution in [0.1, 0.15) is 30.9 Å². The maximum absolute atomic E-state index is 13.9. The molecule has 6 nitrogen and oxygen atoms in total. The molecule has 0 aromatic heterocycles. The first kappa shape index (κ1) is 20.2. The monoisotopic (exact) mass is 363 g/mol. The Morgan fingerprint density at radius 2 is 2.00 bits per heavy atom. The largest absolute Gasteiger partial charge is 0.357 e. The van der Waals surface area contributed by atoms with Crippen LogP contribution in [0, 0.1) is 5.82 Å². The first-order valence-corrected chi connectivity index (χ1v) is 9.21. The number of aliphatic imine (C=N–C) groups is 1. The minimum absolute atomic E-state index is 0.100. The van der Waals surface area contributed by atoms with Crippen LogP contribution in [0.2, 0.25) is 0 Å². The van der Waals surface area contributed by atoms with Crippen LogP contribution in [0.25, 0.3) is 0 Å². The van der Waals surface area contributed by atoms with Crippen LogP contribution in [0.5, 0.6) is 0 Å². The van der Waals surface area contributed by atoms with E-state index in [0.717, 1.165) is 31.5 Å². The summed E-state index contributed by atoms with van der Waals surface area (Å²) in [5.41, 5.74) is 1.59. The summed E-state index contributed by atoms with van der Waals surface area (Å²) < 4.78 is 13.9. The van der Waals surface area contributed by atoms with Crippen LogP contribution in [-0.2, 0) is 17.9 Å². The fourth-order valence-electron chi connectivity index (χ4n) is 2.94. The van der Waals surface area contributed by atoms with Crippen molar-refractivity contribution in [1.82, 2.24) is 20.4 Å². The van der Waals surface area contributed by atoms with Gasteiger partial charge < -0.3 is 20.4 Å². The van der Waals surface area contributed by atoms with E-state index in [1.165, 1.54) is 6.07 Å². The summed E-state index contributed by atoms with van der Waals surface area (Å²) in [5, 5.41) is 6.23. The number of amides is 1. The van der Waals surface area contributed by atoms with Gasteiger partial charge >= 0.3 is 0 Å². The molecule has 1 fully saturated rings. The van der Waals surface area contributed by atoms with Crippen LogP contribution < -0.4 is 10.6 Å². The van der Waals surface area contributed by atoms with Crippen molar-refractivity contribution in [3.8, 4) is 0 Å². The molecule has 0 bridgehead atoms.